The maximum atomic E-state index is 13.4. The number of rotatable bonds is 5. The SMILES string of the molecule is CCCNc1ncnc(Oc2ccc(Cl)c(F)c2)c1C. The van der Waals surface area contributed by atoms with E-state index in [2.05, 4.69) is 22.2 Å². The molecule has 1 heterocycles. The minimum atomic E-state index is -0.528. The number of ether oxygens (including phenoxy) is 1. The smallest absolute Gasteiger partial charge is 0.227 e. The van der Waals surface area contributed by atoms with Gasteiger partial charge in [0.1, 0.15) is 23.7 Å². The van der Waals surface area contributed by atoms with Crippen LogP contribution in [0.4, 0.5) is 10.2 Å². The first-order valence-electron chi connectivity index (χ1n) is 6.30. The Morgan fingerprint density at radius 2 is 2.15 bits per heavy atom. The molecule has 1 N–H and O–H groups in total. The van der Waals surface area contributed by atoms with Crippen LogP contribution in [0.5, 0.6) is 11.6 Å². The Bertz CT molecular complexity index is 607. The van der Waals surface area contributed by atoms with Crippen molar-refractivity contribution in [3.63, 3.8) is 0 Å². The number of halogens is 2. The molecule has 1 aromatic carbocycles. The van der Waals surface area contributed by atoms with Crippen molar-refractivity contribution in [3.8, 4) is 11.6 Å². The number of nitrogens with one attached hydrogen (secondary N) is 1. The summed E-state index contributed by atoms with van der Waals surface area (Å²) in [5.41, 5.74) is 0.774. The van der Waals surface area contributed by atoms with Crippen LogP contribution >= 0.6 is 11.6 Å². The second-order valence-electron chi connectivity index (χ2n) is 4.26. The van der Waals surface area contributed by atoms with Gasteiger partial charge in [0, 0.05) is 12.6 Å². The average Bonchev–Trinajstić information content (AvgIpc) is 2.44. The van der Waals surface area contributed by atoms with Gasteiger partial charge in [0.25, 0.3) is 0 Å². The molecule has 4 nitrogen and oxygen atoms in total. The van der Waals surface area contributed by atoms with Crippen molar-refractivity contribution in [2.75, 3.05) is 11.9 Å². The summed E-state index contributed by atoms with van der Waals surface area (Å²) in [5.74, 6) is 0.918. The minimum Gasteiger partial charge on any atom is -0.438 e. The van der Waals surface area contributed by atoms with E-state index in [4.69, 9.17) is 16.3 Å². The van der Waals surface area contributed by atoms with Gasteiger partial charge in [-0.3, -0.25) is 0 Å². The lowest BCUT2D eigenvalue weighted by atomic mass is 10.3. The molecule has 0 radical (unpaired) electrons. The molecule has 20 heavy (non-hydrogen) atoms. The Morgan fingerprint density at radius 3 is 2.85 bits per heavy atom. The summed E-state index contributed by atoms with van der Waals surface area (Å²) in [6.45, 7) is 4.73. The Labute approximate surface area is 122 Å². The Balaban J connectivity index is 2.22. The van der Waals surface area contributed by atoms with E-state index in [0.29, 0.717) is 17.4 Å². The van der Waals surface area contributed by atoms with Gasteiger partial charge in [0.2, 0.25) is 5.88 Å². The zero-order valence-electron chi connectivity index (χ0n) is 11.3. The number of hydrogen-bond donors (Lipinski definition) is 1. The van der Waals surface area contributed by atoms with E-state index in [1.165, 1.54) is 18.5 Å². The highest BCUT2D eigenvalue weighted by Gasteiger charge is 2.10. The van der Waals surface area contributed by atoms with Gasteiger partial charge in [-0.2, -0.15) is 0 Å². The van der Waals surface area contributed by atoms with Crippen molar-refractivity contribution in [1.29, 1.82) is 0 Å². The van der Waals surface area contributed by atoms with Gasteiger partial charge in [0.05, 0.1) is 10.6 Å². The highest BCUT2D eigenvalue weighted by Crippen LogP contribution is 2.28. The fourth-order valence-electron chi connectivity index (χ4n) is 1.61. The van der Waals surface area contributed by atoms with Crippen LogP contribution in [0.3, 0.4) is 0 Å². The maximum Gasteiger partial charge on any atom is 0.227 e. The predicted molar refractivity (Wildman–Crippen MR) is 77.0 cm³/mol. The number of hydrogen-bond acceptors (Lipinski definition) is 4. The zero-order valence-corrected chi connectivity index (χ0v) is 12.0. The first kappa shape index (κ1) is 14.5. The van der Waals surface area contributed by atoms with E-state index in [1.54, 1.807) is 6.07 Å². The molecule has 0 atom stereocenters. The summed E-state index contributed by atoms with van der Waals surface area (Å²) < 4.78 is 18.9. The van der Waals surface area contributed by atoms with Crippen LogP contribution in [-0.2, 0) is 0 Å². The number of nitrogens with zero attached hydrogens (tertiary/aromatic N) is 2. The molecule has 2 rings (SSSR count). The highest BCUT2D eigenvalue weighted by molar-refractivity contribution is 6.30. The Kier molecular flexibility index (Phi) is 4.74. The summed E-state index contributed by atoms with van der Waals surface area (Å²) in [6.07, 6.45) is 2.40. The van der Waals surface area contributed by atoms with Crippen molar-refractivity contribution in [3.05, 3.63) is 40.9 Å². The molecular formula is C14H15ClFN3O. The van der Waals surface area contributed by atoms with E-state index in [1.807, 2.05) is 6.92 Å². The lowest BCUT2D eigenvalue weighted by Gasteiger charge is -2.11. The van der Waals surface area contributed by atoms with Gasteiger partial charge >= 0.3 is 0 Å². The summed E-state index contributed by atoms with van der Waals surface area (Å²) in [7, 11) is 0. The van der Waals surface area contributed by atoms with Crippen molar-refractivity contribution >= 4 is 17.4 Å². The van der Waals surface area contributed by atoms with Gasteiger partial charge in [0.15, 0.2) is 0 Å². The molecule has 6 heteroatoms. The molecule has 0 aliphatic rings. The van der Waals surface area contributed by atoms with Crippen LogP contribution in [0.1, 0.15) is 18.9 Å². The molecule has 0 aliphatic heterocycles. The third-order valence-electron chi connectivity index (χ3n) is 2.69. The van der Waals surface area contributed by atoms with Crippen LogP contribution in [0.15, 0.2) is 24.5 Å². The van der Waals surface area contributed by atoms with E-state index in [-0.39, 0.29) is 5.02 Å². The second-order valence-corrected chi connectivity index (χ2v) is 4.66. The largest absolute Gasteiger partial charge is 0.438 e. The van der Waals surface area contributed by atoms with Crippen LogP contribution in [0.2, 0.25) is 5.02 Å². The highest BCUT2D eigenvalue weighted by atomic mass is 35.5. The topological polar surface area (TPSA) is 47.0 Å². The van der Waals surface area contributed by atoms with E-state index in [9.17, 15) is 4.39 Å². The van der Waals surface area contributed by atoms with Crippen LogP contribution in [0.25, 0.3) is 0 Å². The van der Waals surface area contributed by atoms with Crippen LogP contribution < -0.4 is 10.1 Å². The molecule has 0 bridgehead atoms. The third-order valence-corrected chi connectivity index (χ3v) is 2.99. The van der Waals surface area contributed by atoms with Crippen molar-refractivity contribution < 1.29 is 9.13 Å². The van der Waals surface area contributed by atoms with Gasteiger partial charge < -0.3 is 10.1 Å². The Morgan fingerprint density at radius 1 is 1.35 bits per heavy atom. The van der Waals surface area contributed by atoms with Crippen molar-refractivity contribution in [1.82, 2.24) is 9.97 Å². The average molecular weight is 296 g/mol. The van der Waals surface area contributed by atoms with Crippen molar-refractivity contribution in [2.45, 2.75) is 20.3 Å². The fourth-order valence-corrected chi connectivity index (χ4v) is 1.73. The molecule has 0 spiro atoms. The first-order valence-corrected chi connectivity index (χ1v) is 6.68. The van der Waals surface area contributed by atoms with Gasteiger partial charge in [-0.1, -0.05) is 18.5 Å². The standard InChI is InChI=1S/C14H15ClFN3O/c1-3-6-17-13-9(2)14(19-8-18-13)20-10-4-5-11(15)12(16)7-10/h4-5,7-8H,3,6H2,1-2H3,(H,17,18,19). The van der Waals surface area contributed by atoms with E-state index >= 15 is 0 Å². The molecule has 0 saturated carbocycles. The Hall–Kier alpha value is -1.88. The molecular weight excluding hydrogens is 281 g/mol. The molecule has 106 valence electrons. The van der Waals surface area contributed by atoms with Crippen LogP contribution in [0, 0.1) is 12.7 Å². The quantitative estimate of drug-likeness (QED) is 0.898. The first-order chi connectivity index (χ1) is 9.61. The number of aromatic nitrogens is 2. The summed E-state index contributed by atoms with van der Waals surface area (Å²) in [6, 6.07) is 4.26. The molecule has 0 aliphatic carbocycles. The van der Waals surface area contributed by atoms with E-state index in [0.717, 1.165) is 18.5 Å². The summed E-state index contributed by atoms with van der Waals surface area (Å²) in [4.78, 5) is 8.22. The molecule has 1 aromatic heterocycles. The second kappa shape index (κ2) is 6.52. The van der Waals surface area contributed by atoms with Gasteiger partial charge in [-0.25, -0.2) is 14.4 Å². The lowest BCUT2D eigenvalue weighted by Crippen LogP contribution is -2.05. The third kappa shape index (κ3) is 3.36. The molecule has 0 fully saturated rings. The summed E-state index contributed by atoms with van der Waals surface area (Å²) in [5, 5.41) is 3.24. The minimum absolute atomic E-state index is 0.0575. The maximum absolute atomic E-state index is 13.4. The zero-order chi connectivity index (χ0) is 14.5. The van der Waals surface area contributed by atoms with Crippen molar-refractivity contribution in [2.24, 2.45) is 0 Å². The van der Waals surface area contributed by atoms with Gasteiger partial charge in [-0.15, -0.1) is 0 Å². The molecule has 0 saturated heterocycles. The number of benzene rings is 1. The molecule has 2 aromatic rings. The fraction of sp³-hybridized carbons (Fsp3) is 0.286. The molecule has 0 unspecified atom stereocenters. The van der Waals surface area contributed by atoms with E-state index < -0.39 is 5.82 Å². The lowest BCUT2D eigenvalue weighted by molar-refractivity contribution is 0.453. The van der Waals surface area contributed by atoms with Crippen LogP contribution in [-0.4, -0.2) is 16.5 Å². The van der Waals surface area contributed by atoms with Gasteiger partial charge in [-0.05, 0) is 25.5 Å². The normalized spacial score (nSPS) is 10.4. The monoisotopic (exact) mass is 295 g/mol. The molecule has 0 amide bonds. The number of anilines is 1. The summed E-state index contributed by atoms with van der Waals surface area (Å²) >= 11 is 5.63. The predicted octanol–water partition coefficient (Wildman–Crippen LogP) is 4.19.